The molecular formula is C16H30N2O. The predicted molar refractivity (Wildman–Crippen MR) is 78.9 cm³/mol. The average Bonchev–Trinajstić information content (AvgIpc) is 2.39. The first kappa shape index (κ1) is 14.8. The zero-order valence-corrected chi connectivity index (χ0v) is 12.7. The van der Waals surface area contributed by atoms with E-state index in [2.05, 4.69) is 31.4 Å². The van der Waals surface area contributed by atoms with E-state index in [4.69, 9.17) is 0 Å². The summed E-state index contributed by atoms with van der Waals surface area (Å²) in [5.41, 5.74) is 0. The van der Waals surface area contributed by atoms with Crippen LogP contribution < -0.4 is 10.6 Å². The van der Waals surface area contributed by atoms with E-state index in [1.165, 1.54) is 12.8 Å². The molecule has 2 fully saturated rings. The Labute approximate surface area is 117 Å². The van der Waals surface area contributed by atoms with E-state index in [1.54, 1.807) is 0 Å². The van der Waals surface area contributed by atoms with Gasteiger partial charge in [0, 0.05) is 12.6 Å². The fourth-order valence-electron chi connectivity index (χ4n) is 3.74. The molecule has 0 aromatic rings. The highest BCUT2D eigenvalue weighted by molar-refractivity contribution is 5.79. The Kier molecular flexibility index (Phi) is 5.26. The van der Waals surface area contributed by atoms with Crippen LogP contribution in [-0.2, 0) is 4.79 Å². The molecule has 1 aliphatic heterocycles. The van der Waals surface area contributed by atoms with Gasteiger partial charge in [-0.3, -0.25) is 4.79 Å². The van der Waals surface area contributed by atoms with Crippen molar-refractivity contribution >= 4 is 5.91 Å². The van der Waals surface area contributed by atoms with Gasteiger partial charge < -0.3 is 10.6 Å². The molecule has 110 valence electrons. The molecule has 2 aliphatic rings. The topological polar surface area (TPSA) is 41.1 Å². The van der Waals surface area contributed by atoms with Crippen LogP contribution in [0.2, 0.25) is 0 Å². The summed E-state index contributed by atoms with van der Waals surface area (Å²) in [4.78, 5) is 12.4. The minimum absolute atomic E-state index is 0.193. The number of hydrogen-bond donors (Lipinski definition) is 2. The Bertz CT molecular complexity index is 297. The maximum atomic E-state index is 12.4. The highest BCUT2D eigenvalue weighted by Gasteiger charge is 2.33. The Morgan fingerprint density at radius 1 is 1.26 bits per heavy atom. The van der Waals surface area contributed by atoms with Crippen LogP contribution in [0, 0.1) is 23.7 Å². The molecule has 4 atom stereocenters. The zero-order valence-electron chi connectivity index (χ0n) is 12.7. The minimum atomic E-state index is 0.193. The third-order valence-corrected chi connectivity index (χ3v) is 5.02. The molecule has 0 spiro atoms. The maximum Gasteiger partial charge on any atom is 0.224 e. The molecule has 3 unspecified atom stereocenters. The monoisotopic (exact) mass is 266 g/mol. The number of rotatable bonds is 3. The molecule has 0 aromatic carbocycles. The standard InChI is InChI=1S/C16H30N2O/c1-11(2)14-7-6-12(3)9-15(14)18-16(19)13-5-4-8-17-10-13/h11-15,17H,4-10H2,1-3H3,(H,18,19)/t12?,13-,14?,15?/m0/s1. The summed E-state index contributed by atoms with van der Waals surface area (Å²) in [5, 5.41) is 6.71. The molecule has 1 aliphatic carbocycles. The van der Waals surface area contributed by atoms with Gasteiger partial charge in [0.15, 0.2) is 0 Å². The SMILES string of the molecule is CC1CCC(C(C)C)C(NC(=O)[C@H]2CCCNC2)C1. The van der Waals surface area contributed by atoms with Crippen molar-refractivity contribution in [3.8, 4) is 0 Å². The first-order chi connectivity index (χ1) is 9.08. The van der Waals surface area contributed by atoms with E-state index >= 15 is 0 Å². The maximum absolute atomic E-state index is 12.4. The summed E-state index contributed by atoms with van der Waals surface area (Å²) in [6.45, 7) is 8.83. The van der Waals surface area contributed by atoms with Crippen molar-refractivity contribution in [3.05, 3.63) is 0 Å². The lowest BCUT2D eigenvalue weighted by atomic mass is 9.74. The average molecular weight is 266 g/mol. The molecule has 0 radical (unpaired) electrons. The summed E-state index contributed by atoms with van der Waals surface area (Å²) >= 11 is 0. The highest BCUT2D eigenvalue weighted by atomic mass is 16.2. The van der Waals surface area contributed by atoms with E-state index in [1.807, 2.05) is 0 Å². The van der Waals surface area contributed by atoms with Gasteiger partial charge in [0.25, 0.3) is 0 Å². The van der Waals surface area contributed by atoms with Gasteiger partial charge >= 0.3 is 0 Å². The number of nitrogens with one attached hydrogen (secondary N) is 2. The van der Waals surface area contributed by atoms with Gasteiger partial charge in [0.1, 0.15) is 0 Å². The fraction of sp³-hybridized carbons (Fsp3) is 0.938. The first-order valence-electron chi connectivity index (χ1n) is 8.09. The van der Waals surface area contributed by atoms with Crippen molar-refractivity contribution in [2.75, 3.05) is 13.1 Å². The second-order valence-electron chi connectivity index (χ2n) is 6.98. The number of carbonyl (C=O) groups is 1. The smallest absolute Gasteiger partial charge is 0.224 e. The minimum Gasteiger partial charge on any atom is -0.353 e. The summed E-state index contributed by atoms with van der Waals surface area (Å²) in [7, 11) is 0. The van der Waals surface area contributed by atoms with Gasteiger partial charge in [-0.1, -0.05) is 27.2 Å². The van der Waals surface area contributed by atoms with E-state index in [9.17, 15) is 4.79 Å². The largest absolute Gasteiger partial charge is 0.353 e. The number of piperidine rings is 1. The van der Waals surface area contributed by atoms with Crippen LogP contribution in [0.25, 0.3) is 0 Å². The van der Waals surface area contributed by atoms with Crippen molar-refractivity contribution in [2.45, 2.75) is 58.9 Å². The van der Waals surface area contributed by atoms with Crippen molar-refractivity contribution in [3.63, 3.8) is 0 Å². The highest BCUT2D eigenvalue weighted by Crippen LogP contribution is 2.33. The normalized spacial score (nSPS) is 36.2. The van der Waals surface area contributed by atoms with Crippen LogP contribution in [-0.4, -0.2) is 25.0 Å². The molecule has 1 saturated carbocycles. The molecule has 0 bridgehead atoms. The van der Waals surface area contributed by atoms with Crippen molar-refractivity contribution in [1.29, 1.82) is 0 Å². The Morgan fingerprint density at radius 2 is 2.05 bits per heavy atom. The van der Waals surface area contributed by atoms with Crippen molar-refractivity contribution < 1.29 is 4.79 Å². The summed E-state index contributed by atoms with van der Waals surface area (Å²) in [6.07, 6.45) is 5.93. The van der Waals surface area contributed by atoms with E-state index in [-0.39, 0.29) is 11.8 Å². The Hall–Kier alpha value is -0.570. The molecule has 3 heteroatoms. The summed E-state index contributed by atoms with van der Waals surface area (Å²) in [6, 6.07) is 0.401. The fourth-order valence-corrected chi connectivity index (χ4v) is 3.74. The van der Waals surface area contributed by atoms with Gasteiger partial charge in [-0.25, -0.2) is 0 Å². The van der Waals surface area contributed by atoms with E-state index < -0.39 is 0 Å². The molecule has 19 heavy (non-hydrogen) atoms. The second-order valence-corrected chi connectivity index (χ2v) is 6.98. The van der Waals surface area contributed by atoms with Crippen LogP contribution in [0.1, 0.15) is 52.9 Å². The zero-order chi connectivity index (χ0) is 13.8. The van der Waals surface area contributed by atoms with Crippen molar-refractivity contribution in [2.24, 2.45) is 23.7 Å². The van der Waals surface area contributed by atoms with Crippen LogP contribution in [0.15, 0.2) is 0 Å². The predicted octanol–water partition coefficient (Wildman–Crippen LogP) is 2.56. The van der Waals surface area contributed by atoms with Crippen molar-refractivity contribution in [1.82, 2.24) is 10.6 Å². The number of carbonyl (C=O) groups excluding carboxylic acids is 1. The quantitative estimate of drug-likeness (QED) is 0.824. The third kappa shape index (κ3) is 3.95. The molecule has 1 heterocycles. The molecule has 0 aromatic heterocycles. The van der Waals surface area contributed by atoms with Crippen LogP contribution in [0.4, 0.5) is 0 Å². The second kappa shape index (κ2) is 6.74. The summed E-state index contributed by atoms with van der Waals surface area (Å²) < 4.78 is 0. The molecule has 2 N–H and O–H groups in total. The lowest BCUT2D eigenvalue weighted by molar-refractivity contribution is -0.127. The van der Waals surface area contributed by atoms with Gasteiger partial charge in [-0.05, 0) is 50.0 Å². The lowest BCUT2D eigenvalue weighted by Crippen LogP contribution is -2.49. The van der Waals surface area contributed by atoms with Crippen LogP contribution in [0.5, 0.6) is 0 Å². The van der Waals surface area contributed by atoms with Gasteiger partial charge in [-0.15, -0.1) is 0 Å². The van der Waals surface area contributed by atoms with E-state index in [0.29, 0.717) is 17.9 Å². The molecule has 3 nitrogen and oxygen atoms in total. The Balaban J connectivity index is 1.92. The van der Waals surface area contributed by atoms with Crippen LogP contribution in [0.3, 0.4) is 0 Å². The Morgan fingerprint density at radius 3 is 2.68 bits per heavy atom. The molecule has 1 amide bonds. The van der Waals surface area contributed by atoms with Gasteiger partial charge in [0.05, 0.1) is 5.92 Å². The molecule has 1 saturated heterocycles. The first-order valence-corrected chi connectivity index (χ1v) is 8.09. The van der Waals surface area contributed by atoms with Crippen LogP contribution >= 0.6 is 0 Å². The number of hydrogen-bond acceptors (Lipinski definition) is 2. The van der Waals surface area contributed by atoms with Gasteiger partial charge in [0.2, 0.25) is 5.91 Å². The van der Waals surface area contributed by atoms with E-state index in [0.717, 1.165) is 38.3 Å². The lowest BCUT2D eigenvalue weighted by Gasteiger charge is -2.38. The van der Waals surface area contributed by atoms with Gasteiger partial charge in [-0.2, -0.15) is 0 Å². The summed E-state index contributed by atoms with van der Waals surface area (Å²) in [5.74, 6) is 2.57. The third-order valence-electron chi connectivity index (χ3n) is 5.02. The molecular weight excluding hydrogens is 236 g/mol. The number of amides is 1. The molecule has 2 rings (SSSR count).